The summed E-state index contributed by atoms with van der Waals surface area (Å²) in [4.78, 5) is 18.8. The molecule has 148 valence electrons. The maximum atomic E-state index is 13.0. The number of aromatic nitrogens is 1. The third kappa shape index (κ3) is 4.27. The van der Waals surface area contributed by atoms with Gasteiger partial charge in [0.2, 0.25) is 5.91 Å². The summed E-state index contributed by atoms with van der Waals surface area (Å²) in [5.74, 6) is 0.212. The number of rotatable bonds is 6. The van der Waals surface area contributed by atoms with Crippen molar-refractivity contribution in [3.05, 3.63) is 84.3 Å². The lowest BCUT2D eigenvalue weighted by Crippen LogP contribution is -2.32. The molecular formula is C21H19FN4O2S. The molecule has 2 aromatic heterocycles. The lowest BCUT2D eigenvalue weighted by molar-refractivity contribution is -0.116. The van der Waals surface area contributed by atoms with Crippen molar-refractivity contribution >= 4 is 28.9 Å². The van der Waals surface area contributed by atoms with Crippen molar-refractivity contribution in [1.29, 1.82) is 0 Å². The number of carbonyl (C=O) groups excluding carboxylic acids is 1. The van der Waals surface area contributed by atoms with Crippen LogP contribution in [-0.2, 0) is 4.79 Å². The molecule has 4 rings (SSSR count). The van der Waals surface area contributed by atoms with Crippen molar-refractivity contribution in [2.24, 2.45) is 0 Å². The first kappa shape index (κ1) is 19.1. The van der Waals surface area contributed by atoms with Gasteiger partial charge in [0.1, 0.15) is 17.6 Å². The van der Waals surface area contributed by atoms with E-state index in [9.17, 15) is 9.18 Å². The quantitative estimate of drug-likeness (QED) is 0.602. The highest BCUT2D eigenvalue weighted by molar-refractivity contribution is 7.80. The molecule has 2 N–H and O–H groups in total. The minimum atomic E-state index is -0.349. The van der Waals surface area contributed by atoms with Crippen LogP contribution in [0.25, 0.3) is 0 Å². The van der Waals surface area contributed by atoms with E-state index >= 15 is 0 Å². The number of halogens is 1. The van der Waals surface area contributed by atoms with Crippen molar-refractivity contribution < 1.29 is 13.6 Å². The molecule has 3 heterocycles. The predicted molar refractivity (Wildman–Crippen MR) is 111 cm³/mol. The monoisotopic (exact) mass is 410 g/mol. The SMILES string of the molecule is O=C(CCN1C(=S)N[C@H](c2ccccn2)[C@@H]1c1ccco1)Nc1ccc(F)cc1. The highest BCUT2D eigenvalue weighted by Gasteiger charge is 2.41. The fraction of sp³-hybridized carbons (Fsp3) is 0.190. The van der Waals surface area contributed by atoms with Crippen LogP contribution in [0.3, 0.4) is 0 Å². The maximum Gasteiger partial charge on any atom is 0.226 e. The lowest BCUT2D eigenvalue weighted by atomic mass is 10.0. The van der Waals surface area contributed by atoms with Crippen LogP contribution in [0.2, 0.25) is 0 Å². The summed E-state index contributed by atoms with van der Waals surface area (Å²) in [7, 11) is 0. The zero-order valence-corrected chi connectivity index (χ0v) is 16.2. The molecule has 0 radical (unpaired) electrons. The van der Waals surface area contributed by atoms with Crippen molar-refractivity contribution in [3.63, 3.8) is 0 Å². The summed E-state index contributed by atoms with van der Waals surface area (Å²) in [5.41, 5.74) is 1.39. The van der Waals surface area contributed by atoms with Gasteiger partial charge in [-0.2, -0.15) is 0 Å². The van der Waals surface area contributed by atoms with E-state index in [4.69, 9.17) is 16.6 Å². The normalized spacial score (nSPS) is 18.5. The number of pyridine rings is 1. The van der Waals surface area contributed by atoms with Crippen LogP contribution < -0.4 is 10.6 Å². The second-order valence-electron chi connectivity index (χ2n) is 6.64. The average Bonchev–Trinajstić information content (AvgIpc) is 3.36. The molecule has 6 nitrogen and oxygen atoms in total. The first-order valence-electron chi connectivity index (χ1n) is 9.19. The third-order valence-electron chi connectivity index (χ3n) is 4.74. The molecule has 2 atom stereocenters. The first-order valence-corrected chi connectivity index (χ1v) is 9.59. The van der Waals surface area contributed by atoms with Crippen molar-refractivity contribution in [1.82, 2.24) is 15.2 Å². The van der Waals surface area contributed by atoms with Gasteiger partial charge in [-0.25, -0.2) is 4.39 Å². The van der Waals surface area contributed by atoms with E-state index in [1.807, 2.05) is 35.2 Å². The molecule has 0 unspecified atom stereocenters. The van der Waals surface area contributed by atoms with Gasteiger partial charge in [-0.3, -0.25) is 9.78 Å². The summed E-state index contributed by atoms with van der Waals surface area (Å²) in [6.07, 6.45) is 3.56. The fourth-order valence-corrected chi connectivity index (χ4v) is 3.73. The lowest BCUT2D eigenvalue weighted by Gasteiger charge is -2.25. The molecular weight excluding hydrogens is 391 g/mol. The number of hydrogen-bond donors (Lipinski definition) is 2. The Hall–Kier alpha value is -3.26. The Labute approximate surface area is 172 Å². The van der Waals surface area contributed by atoms with Gasteiger partial charge in [-0.1, -0.05) is 6.07 Å². The van der Waals surface area contributed by atoms with Gasteiger partial charge >= 0.3 is 0 Å². The van der Waals surface area contributed by atoms with E-state index in [0.717, 1.165) is 11.5 Å². The maximum absolute atomic E-state index is 13.0. The van der Waals surface area contributed by atoms with Crippen LogP contribution in [0.1, 0.15) is 30.0 Å². The Balaban J connectivity index is 1.48. The van der Waals surface area contributed by atoms with Gasteiger partial charge in [-0.05, 0) is 60.7 Å². The minimum absolute atomic E-state index is 0.182. The molecule has 1 fully saturated rings. The molecule has 0 aliphatic carbocycles. The molecule has 8 heteroatoms. The van der Waals surface area contributed by atoms with Crippen LogP contribution in [0.15, 0.2) is 71.5 Å². The summed E-state index contributed by atoms with van der Waals surface area (Å²) < 4.78 is 18.7. The van der Waals surface area contributed by atoms with E-state index in [2.05, 4.69) is 15.6 Å². The molecule has 3 aromatic rings. The summed E-state index contributed by atoms with van der Waals surface area (Å²) in [6, 6.07) is 14.7. The molecule has 1 saturated heterocycles. The van der Waals surface area contributed by atoms with E-state index < -0.39 is 0 Å². The summed E-state index contributed by atoms with van der Waals surface area (Å²) in [5, 5.41) is 6.61. The average molecular weight is 410 g/mol. The van der Waals surface area contributed by atoms with Gasteiger partial charge in [0.05, 0.1) is 18.0 Å². The molecule has 0 saturated carbocycles. The number of furan rings is 1. The zero-order chi connectivity index (χ0) is 20.2. The molecule has 29 heavy (non-hydrogen) atoms. The van der Waals surface area contributed by atoms with Gasteiger partial charge in [0, 0.05) is 24.8 Å². The molecule has 1 amide bonds. The number of carbonyl (C=O) groups is 1. The Morgan fingerprint density at radius 1 is 1.21 bits per heavy atom. The van der Waals surface area contributed by atoms with Gasteiger partial charge < -0.3 is 20.0 Å². The molecule has 0 spiro atoms. The summed E-state index contributed by atoms with van der Waals surface area (Å²) >= 11 is 5.54. The van der Waals surface area contributed by atoms with E-state index in [-0.39, 0.29) is 30.2 Å². The number of benzene rings is 1. The van der Waals surface area contributed by atoms with E-state index in [1.165, 1.54) is 24.3 Å². The minimum Gasteiger partial charge on any atom is -0.467 e. The number of nitrogens with one attached hydrogen (secondary N) is 2. The predicted octanol–water partition coefficient (Wildman–Crippen LogP) is 3.82. The highest BCUT2D eigenvalue weighted by atomic mass is 32.1. The van der Waals surface area contributed by atoms with E-state index in [1.54, 1.807) is 12.5 Å². The molecule has 0 bridgehead atoms. The van der Waals surface area contributed by atoms with Crippen LogP contribution in [0.4, 0.5) is 10.1 Å². The molecule has 1 aliphatic rings. The van der Waals surface area contributed by atoms with Gasteiger partial charge in [0.25, 0.3) is 0 Å². The number of thiocarbonyl (C=S) groups is 1. The Morgan fingerprint density at radius 2 is 2.03 bits per heavy atom. The molecule has 1 aromatic carbocycles. The van der Waals surface area contributed by atoms with Crippen LogP contribution in [-0.4, -0.2) is 27.4 Å². The molecule has 1 aliphatic heterocycles. The van der Waals surface area contributed by atoms with Crippen molar-refractivity contribution in [3.8, 4) is 0 Å². The summed E-state index contributed by atoms with van der Waals surface area (Å²) in [6.45, 7) is 0.396. The van der Waals surface area contributed by atoms with Crippen molar-refractivity contribution in [2.75, 3.05) is 11.9 Å². The fourth-order valence-electron chi connectivity index (χ4n) is 3.39. The smallest absolute Gasteiger partial charge is 0.226 e. The Kier molecular flexibility index (Phi) is 5.53. The number of nitrogens with zero attached hydrogens (tertiary/aromatic N) is 2. The standard InChI is InChI=1S/C21H19FN4O2S/c22-14-6-8-15(9-7-14)24-18(27)10-12-26-20(17-5-3-13-28-17)19(25-21(26)29)16-4-1-2-11-23-16/h1-9,11,13,19-20H,10,12H2,(H,24,27)(H,25,29)/t19-,20+/m1/s1. The van der Waals surface area contributed by atoms with Crippen LogP contribution in [0, 0.1) is 5.82 Å². The third-order valence-corrected chi connectivity index (χ3v) is 5.09. The zero-order valence-electron chi connectivity index (χ0n) is 15.4. The topological polar surface area (TPSA) is 70.4 Å². The van der Waals surface area contributed by atoms with Crippen molar-refractivity contribution in [2.45, 2.75) is 18.5 Å². The van der Waals surface area contributed by atoms with Crippen LogP contribution >= 0.6 is 12.2 Å². The van der Waals surface area contributed by atoms with E-state index in [0.29, 0.717) is 17.3 Å². The number of hydrogen-bond acceptors (Lipinski definition) is 4. The second-order valence-corrected chi connectivity index (χ2v) is 7.03. The largest absolute Gasteiger partial charge is 0.467 e. The number of amides is 1. The first-order chi connectivity index (χ1) is 14.1. The second kappa shape index (κ2) is 8.40. The van der Waals surface area contributed by atoms with Gasteiger partial charge in [0.15, 0.2) is 5.11 Å². The van der Waals surface area contributed by atoms with Gasteiger partial charge in [-0.15, -0.1) is 0 Å². The van der Waals surface area contributed by atoms with Crippen LogP contribution in [0.5, 0.6) is 0 Å². The highest BCUT2D eigenvalue weighted by Crippen LogP contribution is 2.38. The Bertz CT molecular complexity index is 980. The number of anilines is 1. The Morgan fingerprint density at radius 3 is 2.72 bits per heavy atom.